The molecule has 4 rings (SSSR count). The van der Waals surface area contributed by atoms with Crippen LogP contribution in [-0.2, 0) is 18.3 Å². The smallest absolute Gasteiger partial charge is 0.256 e. The number of aromatic nitrogens is 4. The van der Waals surface area contributed by atoms with Gasteiger partial charge in [-0.05, 0) is 25.0 Å². The van der Waals surface area contributed by atoms with E-state index in [4.69, 9.17) is 9.47 Å². The van der Waals surface area contributed by atoms with Gasteiger partial charge >= 0.3 is 0 Å². The number of fused-ring (bicyclic) bond motifs is 1. The molecule has 0 bridgehead atoms. The zero-order valence-electron chi connectivity index (χ0n) is 16.0. The van der Waals surface area contributed by atoms with Gasteiger partial charge in [0.1, 0.15) is 11.3 Å². The van der Waals surface area contributed by atoms with Crippen LogP contribution in [0.2, 0.25) is 0 Å². The molecule has 0 spiro atoms. The second-order valence-corrected chi connectivity index (χ2v) is 6.88. The number of nitrogens with zero attached hydrogens (tertiary/aromatic N) is 5. The SMILES string of the molecule is COc1ccccc1CN(CC1CCCO1)C(=O)c1ccnc2c1nnn2C. The number of amides is 1. The predicted octanol–water partition coefficient (Wildman–Crippen LogP) is 2.19. The van der Waals surface area contributed by atoms with Crippen LogP contribution in [0.15, 0.2) is 36.5 Å². The van der Waals surface area contributed by atoms with Crippen molar-refractivity contribution in [2.45, 2.75) is 25.5 Å². The summed E-state index contributed by atoms with van der Waals surface area (Å²) < 4.78 is 12.8. The monoisotopic (exact) mass is 381 g/mol. The van der Waals surface area contributed by atoms with Crippen molar-refractivity contribution in [3.8, 4) is 5.75 Å². The Morgan fingerprint density at radius 1 is 1.36 bits per heavy atom. The Morgan fingerprint density at radius 3 is 3.00 bits per heavy atom. The minimum atomic E-state index is -0.116. The maximum atomic E-state index is 13.5. The molecule has 0 N–H and O–H groups in total. The molecule has 1 saturated heterocycles. The molecule has 1 fully saturated rings. The van der Waals surface area contributed by atoms with Crippen molar-refractivity contribution in [1.29, 1.82) is 0 Å². The summed E-state index contributed by atoms with van der Waals surface area (Å²) in [7, 11) is 3.40. The Morgan fingerprint density at radius 2 is 2.21 bits per heavy atom. The Hall–Kier alpha value is -3.00. The highest BCUT2D eigenvalue weighted by atomic mass is 16.5. The second-order valence-electron chi connectivity index (χ2n) is 6.88. The van der Waals surface area contributed by atoms with E-state index in [1.807, 2.05) is 24.3 Å². The van der Waals surface area contributed by atoms with Gasteiger partial charge in [-0.25, -0.2) is 9.67 Å². The predicted molar refractivity (Wildman–Crippen MR) is 103 cm³/mol. The summed E-state index contributed by atoms with van der Waals surface area (Å²) in [6, 6.07) is 9.43. The normalized spacial score (nSPS) is 16.4. The van der Waals surface area contributed by atoms with Crippen LogP contribution in [-0.4, -0.2) is 57.2 Å². The average Bonchev–Trinajstić information content (AvgIpc) is 3.37. The molecule has 1 aliphatic heterocycles. The molecule has 1 aromatic carbocycles. The summed E-state index contributed by atoms with van der Waals surface area (Å²) in [4.78, 5) is 19.6. The first-order valence-corrected chi connectivity index (χ1v) is 9.34. The molecule has 0 saturated carbocycles. The van der Waals surface area contributed by atoms with Gasteiger partial charge in [-0.2, -0.15) is 0 Å². The van der Waals surface area contributed by atoms with Gasteiger partial charge in [0.25, 0.3) is 5.91 Å². The Bertz CT molecular complexity index is 981. The topological polar surface area (TPSA) is 82.4 Å². The van der Waals surface area contributed by atoms with E-state index in [1.165, 1.54) is 0 Å². The largest absolute Gasteiger partial charge is 0.496 e. The number of para-hydroxylation sites is 1. The molecule has 3 aromatic rings. The highest BCUT2D eigenvalue weighted by molar-refractivity contribution is 6.03. The zero-order chi connectivity index (χ0) is 19.5. The third kappa shape index (κ3) is 3.55. The van der Waals surface area contributed by atoms with Crippen molar-refractivity contribution in [3.63, 3.8) is 0 Å². The quantitative estimate of drug-likeness (QED) is 0.651. The number of carbonyl (C=O) groups excluding carboxylic acids is 1. The first-order chi connectivity index (χ1) is 13.7. The van der Waals surface area contributed by atoms with Crippen LogP contribution >= 0.6 is 0 Å². The van der Waals surface area contributed by atoms with Gasteiger partial charge in [0.2, 0.25) is 0 Å². The fourth-order valence-electron chi connectivity index (χ4n) is 3.57. The third-order valence-electron chi connectivity index (χ3n) is 5.01. The molecule has 1 aliphatic rings. The van der Waals surface area contributed by atoms with Crippen LogP contribution in [0.25, 0.3) is 11.2 Å². The molecule has 8 nitrogen and oxygen atoms in total. The molecule has 1 unspecified atom stereocenters. The Kier molecular flexibility index (Phi) is 5.21. The number of aryl methyl sites for hydroxylation is 1. The third-order valence-corrected chi connectivity index (χ3v) is 5.01. The van der Waals surface area contributed by atoms with Crippen LogP contribution in [0.3, 0.4) is 0 Å². The molecule has 3 heterocycles. The second kappa shape index (κ2) is 7.93. The van der Waals surface area contributed by atoms with E-state index in [0.29, 0.717) is 29.8 Å². The number of pyridine rings is 1. The lowest BCUT2D eigenvalue weighted by Crippen LogP contribution is -2.37. The van der Waals surface area contributed by atoms with Crippen molar-refractivity contribution < 1.29 is 14.3 Å². The van der Waals surface area contributed by atoms with Gasteiger partial charge in [-0.1, -0.05) is 23.4 Å². The number of benzene rings is 1. The van der Waals surface area contributed by atoms with E-state index in [0.717, 1.165) is 30.8 Å². The average molecular weight is 381 g/mol. The van der Waals surface area contributed by atoms with E-state index >= 15 is 0 Å². The summed E-state index contributed by atoms with van der Waals surface area (Å²) in [6.07, 6.45) is 3.63. The highest BCUT2D eigenvalue weighted by Crippen LogP contribution is 2.24. The molecule has 2 aromatic heterocycles. The maximum Gasteiger partial charge on any atom is 0.256 e. The lowest BCUT2D eigenvalue weighted by Gasteiger charge is -2.26. The molecular formula is C20H23N5O3. The number of hydrogen-bond acceptors (Lipinski definition) is 6. The standard InChI is InChI=1S/C20H23N5O3/c1-24-19-18(22-23-24)16(9-10-21-19)20(26)25(13-15-7-5-11-28-15)12-14-6-3-4-8-17(14)27-2/h3-4,6,8-10,15H,5,7,11-13H2,1-2H3. The summed E-state index contributed by atoms with van der Waals surface area (Å²) in [5.41, 5.74) is 2.53. The molecule has 0 aliphatic carbocycles. The minimum Gasteiger partial charge on any atom is -0.496 e. The summed E-state index contributed by atoms with van der Waals surface area (Å²) >= 11 is 0. The number of ether oxygens (including phenoxy) is 2. The van der Waals surface area contributed by atoms with E-state index < -0.39 is 0 Å². The van der Waals surface area contributed by atoms with Crippen molar-refractivity contribution in [3.05, 3.63) is 47.7 Å². The van der Waals surface area contributed by atoms with Gasteiger partial charge in [-0.15, -0.1) is 5.10 Å². The number of carbonyl (C=O) groups is 1. The van der Waals surface area contributed by atoms with Crippen LogP contribution in [0.4, 0.5) is 0 Å². The summed E-state index contributed by atoms with van der Waals surface area (Å²) in [5, 5.41) is 8.14. The lowest BCUT2D eigenvalue weighted by atomic mass is 10.1. The molecule has 28 heavy (non-hydrogen) atoms. The summed E-state index contributed by atoms with van der Waals surface area (Å²) in [6.45, 7) is 1.68. The van der Waals surface area contributed by atoms with Gasteiger partial charge in [0.15, 0.2) is 5.65 Å². The summed E-state index contributed by atoms with van der Waals surface area (Å²) in [5.74, 6) is 0.640. The fraction of sp³-hybridized carbons (Fsp3) is 0.400. The molecular weight excluding hydrogens is 358 g/mol. The molecule has 0 radical (unpaired) electrons. The van der Waals surface area contributed by atoms with Crippen molar-refractivity contribution in [2.75, 3.05) is 20.3 Å². The first kappa shape index (κ1) is 18.4. The van der Waals surface area contributed by atoms with E-state index in [9.17, 15) is 4.79 Å². The number of methoxy groups -OCH3 is 1. The molecule has 8 heteroatoms. The van der Waals surface area contributed by atoms with Crippen LogP contribution in [0, 0.1) is 0 Å². The van der Waals surface area contributed by atoms with E-state index in [-0.39, 0.29) is 12.0 Å². The molecule has 1 amide bonds. The van der Waals surface area contributed by atoms with Gasteiger partial charge in [-0.3, -0.25) is 4.79 Å². The lowest BCUT2D eigenvalue weighted by molar-refractivity contribution is 0.0507. The van der Waals surface area contributed by atoms with Gasteiger partial charge < -0.3 is 14.4 Å². The van der Waals surface area contributed by atoms with Crippen LogP contribution < -0.4 is 4.74 Å². The van der Waals surface area contributed by atoms with Gasteiger partial charge in [0, 0.05) is 38.5 Å². The van der Waals surface area contributed by atoms with Gasteiger partial charge in [0.05, 0.1) is 18.8 Å². The van der Waals surface area contributed by atoms with Crippen LogP contribution in [0.1, 0.15) is 28.8 Å². The van der Waals surface area contributed by atoms with Crippen molar-refractivity contribution in [2.24, 2.45) is 7.05 Å². The molecule has 146 valence electrons. The van der Waals surface area contributed by atoms with Crippen LogP contribution in [0.5, 0.6) is 5.75 Å². The minimum absolute atomic E-state index is 0.0397. The highest BCUT2D eigenvalue weighted by Gasteiger charge is 2.26. The number of rotatable bonds is 6. The van der Waals surface area contributed by atoms with E-state index in [1.54, 1.807) is 36.0 Å². The Labute approximate surface area is 163 Å². The molecule has 1 atom stereocenters. The van der Waals surface area contributed by atoms with Crippen molar-refractivity contribution in [1.82, 2.24) is 24.9 Å². The fourth-order valence-corrected chi connectivity index (χ4v) is 3.57. The zero-order valence-corrected chi connectivity index (χ0v) is 16.0. The van der Waals surface area contributed by atoms with Crippen molar-refractivity contribution >= 4 is 17.1 Å². The maximum absolute atomic E-state index is 13.5. The number of hydrogen-bond donors (Lipinski definition) is 0. The first-order valence-electron chi connectivity index (χ1n) is 9.34. The van der Waals surface area contributed by atoms with E-state index in [2.05, 4.69) is 15.3 Å². The Balaban J connectivity index is 1.68.